The number of rotatable bonds is 9. The van der Waals surface area contributed by atoms with Gasteiger partial charge >= 0.3 is 5.97 Å². The van der Waals surface area contributed by atoms with Gasteiger partial charge in [0.15, 0.2) is 0 Å². The molecule has 0 heterocycles. The summed E-state index contributed by atoms with van der Waals surface area (Å²) >= 11 is 0. The van der Waals surface area contributed by atoms with Gasteiger partial charge in [0.25, 0.3) is 0 Å². The minimum Gasteiger partial charge on any atom is -0.481 e. The molecule has 0 saturated heterocycles. The average Bonchev–Trinajstić information content (AvgIpc) is 2.44. The van der Waals surface area contributed by atoms with Crippen LogP contribution in [0.15, 0.2) is 24.3 Å². The van der Waals surface area contributed by atoms with Crippen molar-refractivity contribution in [2.24, 2.45) is 0 Å². The minimum absolute atomic E-state index is 0.000525. The summed E-state index contributed by atoms with van der Waals surface area (Å²) in [5.41, 5.74) is 2.53. The van der Waals surface area contributed by atoms with Crippen LogP contribution in [0.3, 0.4) is 0 Å². The van der Waals surface area contributed by atoms with Gasteiger partial charge in [-0.1, -0.05) is 31.2 Å². The molecular weight excluding hydrogens is 254 g/mol. The van der Waals surface area contributed by atoms with E-state index in [2.05, 4.69) is 36.5 Å². The molecule has 0 radical (unpaired) electrons. The van der Waals surface area contributed by atoms with E-state index in [0.29, 0.717) is 25.8 Å². The van der Waals surface area contributed by atoms with Crippen LogP contribution in [0, 0.1) is 0 Å². The molecule has 0 fully saturated rings. The maximum Gasteiger partial charge on any atom is 0.303 e. The number of carbonyl (C=O) groups is 2. The second-order valence-electron chi connectivity index (χ2n) is 4.87. The predicted octanol–water partition coefficient (Wildman–Crippen LogP) is 2.55. The smallest absolute Gasteiger partial charge is 0.303 e. The maximum atomic E-state index is 11.5. The second-order valence-corrected chi connectivity index (χ2v) is 4.87. The fraction of sp³-hybridized carbons (Fsp3) is 0.500. The third kappa shape index (κ3) is 6.92. The summed E-state index contributed by atoms with van der Waals surface area (Å²) < 4.78 is 0. The van der Waals surface area contributed by atoms with Gasteiger partial charge in [0, 0.05) is 19.4 Å². The molecule has 0 atom stereocenters. The molecule has 0 bridgehead atoms. The average molecular weight is 277 g/mol. The lowest BCUT2D eigenvalue weighted by Crippen LogP contribution is -2.25. The van der Waals surface area contributed by atoms with Gasteiger partial charge < -0.3 is 10.4 Å². The van der Waals surface area contributed by atoms with Gasteiger partial charge in [-0.15, -0.1) is 0 Å². The summed E-state index contributed by atoms with van der Waals surface area (Å²) in [6, 6.07) is 8.42. The molecule has 20 heavy (non-hydrogen) atoms. The molecule has 1 amide bonds. The third-order valence-electron chi connectivity index (χ3n) is 3.21. The molecule has 0 spiro atoms. The number of carboxylic acids is 1. The number of hydrogen-bond donors (Lipinski definition) is 2. The highest BCUT2D eigenvalue weighted by molar-refractivity contribution is 5.75. The van der Waals surface area contributed by atoms with Crippen molar-refractivity contribution in [3.05, 3.63) is 35.4 Å². The Hall–Kier alpha value is -1.84. The number of carbonyl (C=O) groups excluding carboxylic acids is 1. The Bertz CT molecular complexity index is 426. The number of aliphatic carboxylic acids is 1. The Balaban J connectivity index is 2.13. The van der Waals surface area contributed by atoms with E-state index in [9.17, 15) is 9.59 Å². The molecule has 0 unspecified atom stereocenters. The fourth-order valence-corrected chi connectivity index (χ4v) is 1.94. The summed E-state index contributed by atoms with van der Waals surface area (Å²) in [6.07, 6.45) is 3.59. The SMILES string of the molecule is CCc1ccc(CCNC(=O)CCCCC(=O)O)cc1. The number of unbranched alkanes of at least 4 members (excludes halogenated alkanes) is 1. The Morgan fingerprint density at radius 1 is 1.05 bits per heavy atom. The number of carboxylic acid groups (broad SMARTS) is 1. The van der Waals surface area contributed by atoms with E-state index < -0.39 is 5.97 Å². The highest BCUT2D eigenvalue weighted by Gasteiger charge is 2.02. The molecule has 4 nitrogen and oxygen atoms in total. The van der Waals surface area contributed by atoms with E-state index >= 15 is 0 Å². The molecule has 4 heteroatoms. The van der Waals surface area contributed by atoms with Crippen LogP contribution in [-0.4, -0.2) is 23.5 Å². The number of benzene rings is 1. The fourth-order valence-electron chi connectivity index (χ4n) is 1.94. The molecule has 0 aliphatic carbocycles. The lowest BCUT2D eigenvalue weighted by atomic mass is 10.1. The Kier molecular flexibility index (Phi) is 7.40. The Morgan fingerprint density at radius 2 is 1.65 bits per heavy atom. The number of amides is 1. The van der Waals surface area contributed by atoms with E-state index in [1.165, 1.54) is 11.1 Å². The van der Waals surface area contributed by atoms with Crippen molar-refractivity contribution in [1.29, 1.82) is 0 Å². The van der Waals surface area contributed by atoms with Crippen LogP contribution in [-0.2, 0) is 22.4 Å². The molecule has 0 aromatic heterocycles. The first-order chi connectivity index (χ1) is 9.61. The first-order valence-corrected chi connectivity index (χ1v) is 7.18. The summed E-state index contributed by atoms with van der Waals surface area (Å²) in [4.78, 5) is 21.8. The van der Waals surface area contributed by atoms with Gasteiger partial charge in [-0.2, -0.15) is 0 Å². The van der Waals surface area contributed by atoms with Crippen LogP contribution in [0.4, 0.5) is 0 Å². The van der Waals surface area contributed by atoms with Gasteiger partial charge in [-0.05, 0) is 36.8 Å². The van der Waals surface area contributed by atoms with Crippen molar-refractivity contribution in [2.45, 2.75) is 45.4 Å². The van der Waals surface area contributed by atoms with Crippen molar-refractivity contribution in [2.75, 3.05) is 6.54 Å². The molecule has 0 saturated carbocycles. The molecule has 1 rings (SSSR count). The van der Waals surface area contributed by atoms with Crippen LogP contribution >= 0.6 is 0 Å². The summed E-state index contributed by atoms with van der Waals surface area (Å²) in [6.45, 7) is 2.75. The molecule has 110 valence electrons. The van der Waals surface area contributed by atoms with Crippen molar-refractivity contribution >= 4 is 11.9 Å². The summed E-state index contributed by atoms with van der Waals surface area (Å²) in [5.74, 6) is -0.804. The van der Waals surface area contributed by atoms with Crippen LogP contribution in [0.1, 0.15) is 43.7 Å². The lowest BCUT2D eigenvalue weighted by Gasteiger charge is -2.06. The summed E-state index contributed by atoms with van der Waals surface area (Å²) in [5, 5.41) is 11.3. The van der Waals surface area contributed by atoms with Crippen LogP contribution < -0.4 is 5.32 Å². The molecule has 2 N–H and O–H groups in total. The molecule has 0 aliphatic rings. The first-order valence-electron chi connectivity index (χ1n) is 7.18. The maximum absolute atomic E-state index is 11.5. The number of aryl methyl sites for hydroxylation is 1. The van der Waals surface area contributed by atoms with E-state index in [1.54, 1.807) is 0 Å². The van der Waals surface area contributed by atoms with Gasteiger partial charge in [-0.25, -0.2) is 0 Å². The van der Waals surface area contributed by atoms with Crippen molar-refractivity contribution in [1.82, 2.24) is 5.32 Å². The number of hydrogen-bond acceptors (Lipinski definition) is 2. The molecule has 0 aliphatic heterocycles. The van der Waals surface area contributed by atoms with Crippen molar-refractivity contribution in [3.63, 3.8) is 0 Å². The predicted molar refractivity (Wildman–Crippen MR) is 78.6 cm³/mol. The monoisotopic (exact) mass is 277 g/mol. The number of nitrogens with one attached hydrogen (secondary N) is 1. The van der Waals surface area contributed by atoms with Crippen LogP contribution in [0.25, 0.3) is 0 Å². The Labute approximate surface area is 120 Å². The van der Waals surface area contributed by atoms with Gasteiger partial charge in [0.2, 0.25) is 5.91 Å². The summed E-state index contributed by atoms with van der Waals surface area (Å²) in [7, 11) is 0. The third-order valence-corrected chi connectivity index (χ3v) is 3.21. The normalized spacial score (nSPS) is 10.2. The molecule has 1 aromatic carbocycles. The zero-order valence-corrected chi connectivity index (χ0v) is 12.0. The van der Waals surface area contributed by atoms with Crippen LogP contribution in [0.5, 0.6) is 0 Å². The van der Waals surface area contributed by atoms with Gasteiger partial charge in [0.05, 0.1) is 0 Å². The zero-order chi connectivity index (χ0) is 14.8. The zero-order valence-electron chi connectivity index (χ0n) is 12.0. The van der Waals surface area contributed by atoms with Crippen molar-refractivity contribution < 1.29 is 14.7 Å². The van der Waals surface area contributed by atoms with Gasteiger partial charge in [0.1, 0.15) is 0 Å². The van der Waals surface area contributed by atoms with E-state index in [0.717, 1.165) is 12.8 Å². The largest absolute Gasteiger partial charge is 0.481 e. The Morgan fingerprint density at radius 3 is 2.25 bits per heavy atom. The standard InChI is InChI=1S/C16H23NO3/c1-2-13-7-9-14(10-8-13)11-12-17-15(18)5-3-4-6-16(19)20/h7-10H,2-6,11-12H2,1H3,(H,17,18)(H,19,20). The molecule has 1 aromatic rings. The highest BCUT2D eigenvalue weighted by atomic mass is 16.4. The quantitative estimate of drug-likeness (QED) is 0.682. The second kappa shape index (κ2) is 9.13. The highest BCUT2D eigenvalue weighted by Crippen LogP contribution is 2.05. The lowest BCUT2D eigenvalue weighted by molar-refractivity contribution is -0.137. The topological polar surface area (TPSA) is 66.4 Å². The minimum atomic E-state index is -0.805. The van der Waals surface area contributed by atoms with Gasteiger partial charge in [-0.3, -0.25) is 9.59 Å². The first kappa shape index (κ1) is 16.2. The van der Waals surface area contributed by atoms with E-state index in [4.69, 9.17) is 5.11 Å². The van der Waals surface area contributed by atoms with E-state index in [1.807, 2.05) is 0 Å². The van der Waals surface area contributed by atoms with E-state index in [-0.39, 0.29) is 12.3 Å². The van der Waals surface area contributed by atoms with Crippen LogP contribution in [0.2, 0.25) is 0 Å². The van der Waals surface area contributed by atoms with Crippen molar-refractivity contribution in [3.8, 4) is 0 Å². The molecular formula is C16H23NO3.